The van der Waals surface area contributed by atoms with Gasteiger partial charge in [-0.25, -0.2) is 4.98 Å². The fourth-order valence-electron chi connectivity index (χ4n) is 3.94. The van der Waals surface area contributed by atoms with Crippen LogP contribution in [-0.2, 0) is 9.53 Å². The third-order valence-corrected chi connectivity index (χ3v) is 6.15. The molecule has 0 radical (unpaired) electrons. The molecular formula is C27H28N4O2. The molecule has 1 aromatic carbocycles. The fraction of sp³-hybridized carbons (Fsp3) is 0.370. The summed E-state index contributed by atoms with van der Waals surface area (Å²) in [6.07, 6.45) is 10.9. The van der Waals surface area contributed by atoms with Crippen LogP contribution in [0.5, 0.6) is 0 Å². The monoisotopic (exact) mass is 440 g/mol. The lowest BCUT2D eigenvalue weighted by Crippen LogP contribution is -2.29. The zero-order valence-corrected chi connectivity index (χ0v) is 19.3. The van der Waals surface area contributed by atoms with Crippen molar-refractivity contribution >= 4 is 29.0 Å². The highest BCUT2D eigenvalue weighted by atomic mass is 16.5. The Labute approximate surface area is 195 Å². The largest absolute Gasteiger partial charge is 0.473 e. The Morgan fingerprint density at radius 3 is 2.61 bits per heavy atom. The number of amides is 1. The zero-order chi connectivity index (χ0) is 23.5. The number of pyridine rings is 1. The highest BCUT2D eigenvalue weighted by molar-refractivity contribution is 6.11. The van der Waals surface area contributed by atoms with E-state index in [9.17, 15) is 4.79 Å². The molecule has 2 saturated carbocycles. The number of carbonyl (C=O) groups excluding carboxylic acids is 1. The second kappa shape index (κ2) is 9.38. The molecule has 1 heterocycles. The topological polar surface area (TPSA) is 78.3 Å². The Morgan fingerprint density at radius 1 is 1.27 bits per heavy atom. The van der Waals surface area contributed by atoms with Gasteiger partial charge in [0.25, 0.3) is 0 Å². The van der Waals surface area contributed by atoms with Crippen LogP contribution in [-0.4, -0.2) is 29.9 Å². The number of rotatable bonds is 6. The van der Waals surface area contributed by atoms with Gasteiger partial charge in [0.15, 0.2) is 0 Å². The number of carbonyl (C=O) groups is 1. The summed E-state index contributed by atoms with van der Waals surface area (Å²) in [6, 6.07) is 7.53. The van der Waals surface area contributed by atoms with Gasteiger partial charge in [0.1, 0.15) is 17.6 Å². The lowest BCUT2D eigenvalue weighted by atomic mass is 9.96. The molecule has 1 aromatic heterocycles. The average Bonchev–Trinajstić information content (AvgIpc) is 3.62. The summed E-state index contributed by atoms with van der Waals surface area (Å²) >= 11 is 0. The predicted octanol–water partition coefficient (Wildman–Crippen LogP) is 4.87. The molecule has 6 nitrogen and oxygen atoms in total. The smallest absolute Gasteiger partial charge is 0.308 e. The van der Waals surface area contributed by atoms with E-state index in [0.717, 1.165) is 54.5 Å². The molecule has 0 unspecified atom stereocenters. The molecule has 0 spiro atoms. The molecule has 2 N–H and O–H groups in total. The zero-order valence-electron chi connectivity index (χ0n) is 19.3. The van der Waals surface area contributed by atoms with Gasteiger partial charge in [-0.3, -0.25) is 15.1 Å². The predicted molar refractivity (Wildman–Crippen MR) is 131 cm³/mol. The Morgan fingerprint density at radius 2 is 2.03 bits per heavy atom. The van der Waals surface area contributed by atoms with E-state index in [1.165, 1.54) is 4.90 Å². The first-order valence-electron chi connectivity index (χ1n) is 11.3. The minimum atomic E-state index is -0.380. The number of hydrogen-bond donors (Lipinski definition) is 2. The molecule has 2 aliphatic rings. The minimum absolute atomic E-state index is 0.00107. The maximum Gasteiger partial charge on any atom is 0.308 e. The Hall–Kier alpha value is -3.77. The lowest BCUT2D eigenvalue weighted by Gasteiger charge is -2.27. The summed E-state index contributed by atoms with van der Waals surface area (Å²) in [4.78, 5) is 19.5. The fourth-order valence-corrected chi connectivity index (χ4v) is 3.94. The van der Waals surface area contributed by atoms with Crippen molar-refractivity contribution in [3.63, 3.8) is 0 Å². The van der Waals surface area contributed by atoms with Crippen LogP contribution < -0.4 is 10.2 Å². The Bertz CT molecular complexity index is 1210. The first-order chi connectivity index (χ1) is 16.0. The summed E-state index contributed by atoms with van der Waals surface area (Å²) in [5.41, 5.74) is 4.54. The van der Waals surface area contributed by atoms with E-state index in [4.69, 9.17) is 21.6 Å². The number of ether oxygens (including phenoxy) is 1. The number of nitrogens with zero attached hydrogens (tertiary/aromatic N) is 2. The molecule has 0 saturated heterocycles. The van der Waals surface area contributed by atoms with Crippen LogP contribution in [0.2, 0.25) is 0 Å². The van der Waals surface area contributed by atoms with E-state index in [0.29, 0.717) is 23.1 Å². The Kier molecular flexibility index (Phi) is 6.38. The number of terminal acetylenes is 1. The van der Waals surface area contributed by atoms with Gasteiger partial charge in [0.2, 0.25) is 5.90 Å². The van der Waals surface area contributed by atoms with Crippen molar-refractivity contribution in [2.75, 3.05) is 17.3 Å². The van der Waals surface area contributed by atoms with E-state index >= 15 is 0 Å². The standard InChI is InChI=1S/C27H28N4O2/c1-5-8-25(32)31(23-15-17(3)18(6-2)16-21(23)19-11-12-19)24-14-13-22(29-4)26(30-24)27(28)33-20-9-7-10-20/h2,13-16,19-20,28-29H,7,9-12H2,1,3-4H3. The molecule has 1 amide bonds. The van der Waals surface area contributed by atoms with Crippen LogP contribution in [0.4, 0.5) is 17.2 Å². The van der Waals surface area contributed by atoms with Crippen molar-refractivity contribution in [2.45, 2.75) is 58.0 Å². The van der Waals surface area contributed by atoms with Crippen molar-refractivity contribution in [3.8, 4) is 24.2 Å². The number of anilines is 3. The van der Waals surface area contributed by atoms with Crippen LogP contribution in [0.25, 0.3) is 0 Å². The van der Waals surface area contributed by atoms with Crippen LogP contribution in [0.1, 0.15) is 67.3 Å². The molecule has 0 aliphatic heterocycles. The number of benzene rings is 1. The van der Waals surface area contributed by atoms with Crippen LogP contribution >= 0.6 is 0 Å². The molecule has 0 bridgehead atoms. The Balaban J connectivity index is 1.83. The van der Waals surface area contributed by atoms with Gasteiger partial charge >= 0.3 is 5.91 Å². The highest BCUT2D eigenvalue weighted by Crippen LogP contribution is 2.46. The van der Waals surface area contributed by atoms with Crippen LogP contribution in [0.15, 0.2) is 24.3 Å². The number of aryl methyl sites for hydroxylation is 1. The van der Waals surface area contributed by atoms with Crippen molar-refractivity contribution in [2.24, 2.45) is 0 Å². The highest BCUT2D eigenvalue weighted by Gasteiger charge is 2.32. The second-order valence-corrected chi connectivity index (χ2v) is 8.48. The number of hydrogen-bond acceptors (Lipinski definition) is 5. The first kappa shape index (κ1) is 22.4. The quantitative estimate of drug-likeness (QED) is 0.382. The molecule has 33 heavy (non-hydrogen) atoms. The number of aromatic nitrogens is 1. The first-order valence-corrected chi connectivity index (χ1v) is 11.3. The van der Waals surface area contributed by atoms with Gasteiger partial charge in [-0.05, 0) is 93.2 Å². The summed E-state index contributed by atoms with van der Waals surface area (Å²) in [7, 11) is 1.77. The normalized spacial score (nSPS) is 14.8. The molecule has 2 aromatic rings. The molecular weight excluding hydrogens is 412 g/mol. The molecule has 4 rings (SSSR count). The SMILES string of the molecule is C#Cc1cc(C2CC2)c(N(C(=O)C#CC)c2ccc(NC)c(C(=N)OC3CCC3)n2)cc1C. The minimum Gasteiger partial charge on any atom is -0.473 e. The van der Waals surface area contributed by atoms with Gasteiger partial charge in [-0.1, -0.05) is 11.8 Å². The maximum absolute atomic E-state index is 13.2. The lowest BCUT2D eigenvalue weighted by molar-refractivity contribution is -0.112. The van der Waals surface area contributed by atoms with Crippen molar-refractivity contribution < 1.29 is 9.53 Å². The van der Waals surface area contributed by atoms with E-state index in [2.05, 4.69) is 23.1 Å². The average molecular weight is 441 g/mol. The van der Waals surface area contributed by atoms with Crippen molar-refractivity contribution in [3.05, 3.63) is 46.6 Å². The van der Waals surface area contributed by atoms with Gasteiger partial charge in [-0.15, -0.1) is 6.42 Å². The van der Waals surface area contributed by atoms with E-state index in [-0.39, 0.29) is 17.9 Å². The van der Waals surface area contributed by atoms with Gasteiger partial charge in [-0.2, -0.15) is 0 Å². The summed E-state index contributed by atoms with van der Waals surface area (Å²) in [5.74, 6) is 8.49. The molecule has 6 heteroatoms. The third kappa shape index (κ3) is 4.56. The molecule has 168 valence electrons. The summed E-state index contributed by atoms with van der Waals surface area (Å²) < 4.78 is 5.81. The van der Waals surface area contributed by atoms with Crippen LogP contribution in [0, 0.1) is 36.5 Å². The second-order valence-electron chi connectivity index (χ2n) is 8.48. The van der Waals surface area contributed by atoms with E-state index in [1.54, 1.807) is 20.0 Å². The summed E-state index contributed by atoms with van der Waals surface area (Å²) in [6.45, 7) is 3.57. The van der Waals surface area contributed by atoms with Gasteiger partial charge in [0, 0.05) is 12.6 Å². The van der Waals surface area contributed by atoms with E-state index < -0.39 is 0 Å². The van der Waals surface area contributed by atoms with E-state index in [1.807, 2.05) is 25.1 Å². The van der Waals surface area contributed by atoms with Gasteiger partial charge < -0.3 is 10.1 Å². The molecule has 2 fully saturated rings. The summed E-state index contributed by atoms with van der Waals surface area (Å²) in [5, 5.41) is 11.6. The number of nitrogens with one attached hydrogen (secondary N) is 2. The third-order valence-electron chi connectivity index (χ3n) is 6.15. The van der Waals surface area contributed by atoms with Crippen LogP contribution in [0.3, 0.4) is 0 Å². The maximum atomic E-state index is 13.2. The van der Waals surface area contributed by atoms with Crippen molar-refractivity contribution in [1.29, 1.82) is 5.41 Å². The molecule has 0 atom stereocenters. The van der Waals surface area contributed by atoms with Crippen molar-refractivity contribution in [1.82, 2.24) is 4.98 Å². The molecule has 2 aliphatic carbocycles. The van der Waals surface area contributed by atoms with Gasteiger partial charge in [0.05, 0.1) is 11.4 Å².